The molecule has 3 aromatic rings. The van der Waals surface area contributed by atoms with Crippen LogP contribution in [0.15, 0.2) is 41.1 Å². The number of benzene rings is 2. The van der Waals surface area contributed by atoms with Gasteiger partial charge in [0.15, 0.2) is 23.8 Å². The molecule has 0 amide bonds. The van der Waals surface area contributed by atoms with Gasteiger partial charge in [0.05, 0.1) is 25.8 Å². The smallest absolute Gasteiger partial charge is 0.164 e. The average Bonchev–Trinajstić information content (AvgIpc) is 3.34. The molecule has 2 aliphatic rings. The maximum absolute atomic E-state index is 13.9. The van der Waals surface area contributed by atoms with Gasteiger partial charge in [-0.2, -0.15) is 0 Å². The number of anilines is 2. The highest BCUT2D eigenvalue weighted by Crippen LogP contribution is 2.38. The Morgan fingerprint density at radius 1 is 1.10 bits per heavy atom. The van der Waals surface area contributed by atoms with Gasteiger partial charge in [-0.3, -0.25) is 0 Å². The highest BCUT2D eigenvalue weighted by molar-refractivity contribution is 9.10. The lowest BCUT2D eigenvalue weighted by molar-refractivity contribution is 0.0271. The Morgan fingerprint density at radius 3 is 2.74 bits per heavy atom. The number of hydrogen-bond acceptors (Lipinski definition) is 7. The van der Waals surface area contributed by atoms with Gasteiger partial charge < -0.3 is 24.3 Å². The third kappa shape index (κ3) is 3.81. The molecule has 2 saturated heterocycles. The summed E-state index contributed by atoms with van der Waals surface area (Å²) in [6, 6.07) is 9.62. The average molecular weight is 490 g/mol. The number of ether oxygens (including phenoxy) is 4. The van der Waals surface area contributed by atoms with E-state index in [0.717, 1.165) is 21.1 Å². The summed E-state index contributed by atoms with van der Waals surface area (Å²) in [6.07, 6.45) is -1.06. The first-order valence-electron chi connectivity index (χ1n) is 9.93. The molecular weight excluding hydrogens is 469 g/mol. The molecule has 1 N–H and O–H groups in total. The summed E-state index contributed by atoms with van der Waals surface area (Å²) in [5.41, 5.74) is 2.72. The third-order valence-corrected chi connectivity index (χ3v) is 6.44. The number of nitrogens with one attached hydrogen (secondary N) is 1. The van der Waals surface area contributed by atoms with Crippen LogP contribution in [0, 0.1) is 6.92 Å². The first-order chi connectivity index (χ1) is 15.0. The standard InChI is InChI=1S/C22H21BrFN3O4/c1-11-3-4-12(5-14(11)23)27-22-13-6-17(28-2)18(7-16(13)25-10-26-22)31-19-9-30-20-15(24)8-29-21(19)20/h3-7,10,15,19-21H,8-9H2,1-2H3,(H,25,26,27)/t15?,19?,20-,21-/m0/s1. The Bertz CT molecular complexity index is 1130. The number of rotatable bonds is 5. The van der Waals surface area contributed by atoms with Gasteiger partial charge in [0.1, 0.15) is 24.4 Å². The number of hydrogen-bond donors (Lipinski definition) is 1. The van der Waals surface area contributed by atoms with E-state index in [9.17, 15) is 4.39 Å². The highest BCUT2D eigenvalue weighted by Gasteiger charge is 2.49. The molecule has 1 aromatic heterocycles. The van der Waals surface area contributed by atoms with Crippen LogP contribution in [-0.4, -0.2) is 54.8 Å². The molecule has 0 aliphatic carbocycles. The summed E-state index contributed by atoms with van der Waals surface area (Å²) in [5.74, 6) is 1.67. The lowest BCUT2D eigenvalue weighted by atomic mass is 10.1. The second-order valence-corrected chi connectivity index (χ2v) is 8.45. The van der Waals surface area contributed by atoms with E-state index in [-0.39, 0.29) is 13.2 Å². The van der Waals surface area contributed by atoms with Crippen molar-refractivity contribution in [1.29, 1.82) is 0 Å². The predicted octanol–water partition coefficient (Wildman–Crippen LogP) is 4.34. The molecule has 9 heteroatoms. The van der Waals surface area contributed by atoms with Crippen LogP contribution in [0.5, 0.6) is 11.5 Å². The van der Waals surface area contributed by atoms with E-state index in [0.29, 0.717) is 22.8 Å². The molecule has 0 bridgehead atoms. The van der Waals surface area contributed by atoms with Gasteiger partial charge in [-0.15, -0.1) is 0 Å². The van der Waals surface area contributed by atoms with Crippen LogP contribution in [0.3, 0.4) is 0 Å². The van der Waals surface area contributed by atoms with E-state index < -0.39 is 24.5 Å². The fourth-order valence-electron chi connectivity index (χ4n) is 3.90. The molecule has 4 atom stereocenters. The second kappa shape index (κ2) is 8.22. The van der Waals surface area contributed by atoms with E-state index in [1.54, 1.807) is 13.2 Å². The van der Waals surface area contributed by atoms with Gasteiger partial charge in [0.25, 0.3) is 0 Å². The lowest BCUT2D eigenvalue weighted by Gasteiger charge is -2.20. The summed E-state index contributed by atoms with van der Waals surface area (Å²) in [6.45, 7) is 2.32. The van der Waals surface area contributed by atoms with E-state index >= 15 is 0 Å². The molecule has 2 aromatic carbocycles. The summed E-state index contributed by atoms with van der Waals surface area (Å²) in [5, 5.41) is 4.12. The number of alkyl halides is 1. The van der Waals surface area contributed by atoms with E-state index in [2.05, 4.69) is 31.2 Å². The van der Waals surface area contributed by atoms with Crippen LogP contribution in [0.2, 0.25) is 0 Å². The van der Waals surface area contributed by atoms with Crippen molar-refractivity contribution in [2.75, 3.05) is 25.6 Å². The molecule has 5 rings (SSSR count). The molecule has 162 valence electrons. The monoisotopic (exact) mass is 489 g/mol. The van der Waals surface area contributed by atoms with Crippen molar-refractivity contribution in [3.05, 3.63) is 46.7 Å². The normalized spacial score (nSPS) is 24.9. The fourth-order valence-corrected chi connectivity index (χ4v) is 4.28. The van der Waals surface area contributed by atoms with Gasteiger partial charge in [0.2, 0.25) is 0 Å². The van der Waals surface area contributed by atoms with Crippen molar-refractivity contribution in [2.45, 2.75) is 31.4 Å². The molecule has 0 radical (unpaired) electrons. The second-order valence-electron chi connectivity index (χ2n) is 7.60. The van der Waals surface area contributed by atoms with Crippen LogP contribution >= 0.6 is 15.9 Å². The minimum Gasteiger partial charge on any atom is -0.493 e. The van der Waals surface area contributed by atoms with Crippen molar-refractivity contribution in [1.82, 2.24) is 9.97 Å². The predicted molar refractivity (Wildman–Crippen MR) is 117 cm³/mol. The Balaban J connectivity index is 1.45. The summed E-state index contributed by atoms with van der Waals surface area (Å²) < 4.78 is 37.6. The van der Waals surface area contributed by atoms with Crippen LogP contribution in [0.25, 0.3) is 10.9 Å². The Morgan fingerprint density at radius 2 is 1.94 bits per heavy atom. The Hall–Kier alpha value is -2.49. The van der Waals surface area contributed by atoms with Crippen LogP contribution in [-0.2, 0) is 9.47 Å². The molecule has 7 nitrogen and oxygen atoms in total. The number of fused-ring (bicyclic) bond motifs is 2. The number of aryl methyl sites for hydroxylation is 1. The number of methoxy groups -OCH3 is 1. The maximum Gasteiger partial charge on any atom is 0.164 e. The van der Waals surface area contributed by atoms with Crippen molar-refractivity contribution in [2.24, 2.45) is 0 Å². The van der Waals surface area contributed by atoms with E-state index in [4.69, 9.17) is 18.9 Å². The number of halogens is 2. The lowest BCUT2D eigenvalue weighted by Crippen LogP contribution is -2.33. The first-order valence-corrected chi connectivity index (χ1v) is 10.7. The van der Waals surface area contributed by atoms with Crippen LogP contribution < -0.4 is 14.8 Å². The Labute approximate surface area is 187 Å². The van der Waals surface area contributed by atoms with Gasteiger partial charge in [0, 0.05) is 21.6 Å². The summed E-state index contributed by atoms with van der Waals surface area (Å²) in [7, 11) is 1.57. The topological polar surface area (TPSA) is 74.7 Å². The Kier molecular flexibility index (Phi) is 5.41. The highest BCUT2D eigenvalue weighted by atomic mass is 79.9. The minimum atomic E-state index is -1.12. The van der Waals surface area contributed by atoms with E-state index in [1.165, 1.54) is 6.33 Å². The van der Waals surface area contributed by atoms with Crippen molar-refractivity contribution in [3.63, 3.8) is 0 Å². The van der Waals surface area contributed by atoms with Crippen molar-refractivity contribution < 1.29 is 23.3 Å². The third-order valence-electron chi connectivity index (χ3n) is 5.58. The molecule has 31 heavy (non-hydrogen) atoms. The molecule has 2 unspecified atom stereocenters. The maximum atomic E-state index is 13.9. The van der Waals surface area contributed by atoms with Gasteiger partial charge >= 0.3 is 0 Å². The zero-order valence-electron chi connectivity index (χ0n) is 17.0. The van der Waals surface area contributed by atoms with Crippen LogP contribution in [0.4, 0.5) is 15.9 Å². The minimum absolute atomic E-state index is 0.0292. The molecule has 0 saturated carbocycles. The quantitative estimate of drug-likeness (QED) is 0.571. The molecule has 2 aliphatic heterocycles. The van der Waals surface area contributed by atoms with Crippen molar-refractivity contribution in [3.8, 4) is 11.5 Å². The fraction of sp³-hybridized carbons (Fsp3) is 0.364. The number of aromatic nitrogens is 2. The van der Waals surface area contributed by atoms with Gasteiger partial charge in [-0.1, -0.05) is 22.0 Å². The van der Waals surface area contributed by atoms with Gasteiger partial charge in [-0.25, -0.2) is 14.4 Å². The molecule has 2 fully saturated rings. The molecule has 3 heterocycles. The van der Waals surface area contributed by atoms with Crippen molar-refractivity contribution >= 4 is 38.3 Å². The SMILES string of the molecule is COc1cc2c(Nc3ccc(C)c(Br)c3)ncnc2cc1OC1CO[C@H]2C(F)CO[C@@H]12. The summed E-state index contributed by atoms with van der Waals surface area (Å²) >= 11 is 3.55. The number of nitrogens with zero attached hydrogens (tertiary/aromatic N) is 2. The van der Waals surface area contributed by atoms with Crippen LogP contribution in [0.1, 0.15) is 5.56 Å². The van der Waals surface area contributed by atoms with E-state index in [1.807, 2.05) is 31.2 Å². The summed E-state index contributed by atoms with van der Waals surface area (Å²) in [4.78, 5) is 8.78. The molecular formula is C22H21BrFN3O4. The molecule has 0 spiro atoms. The van der Waals surface area contributed by atoms with Gasteiger partial charge in [-0.05, 0) is 30.7 Å². The largest absolute Gasteiger partial charge is 0.493 e. The zero-order valence-corrected chi connectivity index (χ0v) is 18.6. The zero-order chi connectivity index (χ0) is 21.5. The first kappa shape index (κ1) is 20.4.